The van der Waals surface area contributed by atoms with Gasteiger partial charge in [0.2, 0.25) is 0 Å². The molecule has 96 valence electrons. The van der Waals surface area contributed by atoms with E-state index in [9.17, 15) is 4.79 Å². The van der Waals surface area contributed by atoms with Gasteiger partial charge in [0.15, 0.2) is 0 Å². The lowest BCUT2D eigenvalue weighted by molar-refractivity contribution is 0.0954. The highest BCUT2D eigenvalue weighted by atomic mass is 32.1. The third kappa shape index (κ3) is 2.66. The van der Waals surface area contributed by atoms with E-state index in [1.165, 1.54) is 5.56 Å². The van der Waals surface area contributed by atoms with Crippen LogP contribution >= 0.6 is 11.3 Å². The fourth-order valence-electron chi connectivity index (χ4n) is 1.93. The van der Waals surface area contributed by atoms with E-state index in [1.807, 2.05) is 17.5 Å². The molecule has 1 amide bonds. The van der Waals surface area contributed by atoms with Gasteiger partial charge in [-0.15, -0.1) is 0 Å². The Labute approximate surface area is 114 Å². The molecule has 2 heterocycles. The molecule has 0 fully saturated rings. The van der Waals surface area contributed by atoms with E-state index in [2.05, 4.69) is 26.7 Å². The zero-order valence-electron chi connectivity index (χ0n) is 10.2. The first kappa shape index (κ1) is 11.9. The Kier molecular flexibility index (Phi) is 3.29. The van der Waals surface area contributed by atoms with Crippen molar-refractivity contribution in [2.45, 2.75) is 6.42 Å². The Morgan fingerprint density at radius 2 is 2.32 bits per heavy atom. The molecule has 0 bridgehead atoms. The first-order chi connectivity index (χ1) is 9.33. The summed E-state index contributed by atoms with van der Waals surface area (Å²) in [6.45, 7) is 0.649. The number of thiophene rings is 1. The lowest BCUT2D eigenvalue weighted by atomic mass is 10.2. The molecule has 3 rings (SSSR count). The fraction of sp³-hybridized carbons (Fsp3) is 0.143. The summed E-state index contributed by atoms with van der Waals surface area (Å²) in [6.07, 6.45) is 2.49. The van der Waals surface area contributed by atoms with Crippen LogP contribution in [0.15, 0.2) is 41.4 Å². The summed E-state index contributed by atoms with van der Waals surface area (Å²) in [6, 6.07) is 7.54. The highest BCUT2D eigenvalue weighted by molar-refractivity contribution is 7.07. The third-order valence-electron chi connectivity index (χ3n) is 2.96. The minimum absolute atomic E-state index is 0.0493. The maximum atomic E-state index is 12.0. The van der Waals surface area contributed by atoms with E-state index in [0.717, 1.165) is 17.5 Å². The predicted molar refractivity (Wildman–Crippen MR) is 76.4 cm³/mol. The van der Waals surface area contributed by atoms with Gasteiger partial charge in [0.25, 0.3) is 5.91 Å². The molecule has 19 heavy (non-hydrogen) atoms. The number of rotatable bonds is 4. The van der Waals surface area contributed by atoms with Gasteiger partial charge in [0.1, 0.15) is 0 Å². The lowest BCUT2D eigenvalue weighted by Crippen LogP contribution is -2.25. The van der Waals surface area contributed by atoms with Crippen molar-refractivity contribution < 1.29 is 4.79 Å². The molecule has 0 spiro atoms. The molecule has 0 saturated heterocycles. The van der Waals surface area contributed by atoms with Crippen molar-refractivity contribution in [3.05, 3.63) is 52.5 Å². The van der Waals surface area contributed by atoms with Crippen LogP contribution in [-0.2, 0) is 6.42 Å². The molecule has 0 unspecified atom stereocenters. The topological polar surface area (TPSA) is 57.8 Å². The number of H-pyrrole nitrogens is 1. The molecule has 2 aromatic heterocycles. The van der Waals surface area contributed by atoms with Crippen molar-refractivity contribution in [2.24, 2.45) is 0 Å². The predicted octanol–water partition coefficient (Wildman–Crippen LogP) is 2.60. The van der Waals surface area contributed by atoms with Crippen molar-refractivity contribution in [1.29, 1.82) is 0 Å². The quantitative estimate of drug-likeness (QED) is 0.766. The number of hydrogen-bond acceptors (Lipinski definition) is 3. The van der Waals surface area contributed by atoms with Crippen molar-refractivity contribution in [1.82, 2.24) is 15.3 Å². The van der Waals surface area contributed by atoms with E-state index in [1.54, 1.807) is 23.7 Å². The largest absolute Gasteiger partial charge is 0.352 e. The lowest BCUT2D eigenvalue weighted by Gasteiger charge is -2.04. The van der Waals surface area contributed by atoms with Gasteiger partial charge in [-0.2, -0.15) is 11.3 Å². The Bertz CT molecular complexity index is 688. The normalized spacial score (nSPS) is 10.7. The zero-order valence-corrected chi connectivity index (χ0v) is 11.0. The first-order valence-electron chi connectivity index (χ1n) is 6.05. The fourth-order valence-corrected chi connectivity index (χ4v) is 2.64. The maximum Gasteiger partial charge on any atom is 0.251 e. The van der Waals surface area contributed by atoms with Gasteiger partial charge in [0.05, 0.1) is 17.4 Å². The SMILES string of the molecule is O=C(NCCc1ccsc1)c1ccc2nc[nH]c2c1. The van der Waals surface area contributed by atoms with E-state index < -0.39 is 0 Å². The van der Waals surface area contributed by atoms with Gasteiger partial charge >= 0.3 is 0 Å². The molecular formula is C14H13N3OS. The van der Waals surface area contributed by atoms with Crippen LogP contribution in [0.1, 0.15) is 15.9 Å². The van der Waals surface area contributed by atoms with Crippen LogP contribution in [0.5, 0.6) is 0 Å². The number of nitrogens with zero attached hydrogens (tertiary/aromatic N) is 1. The van der Waals surface area contributed by atoms with Gasteiger partial charge in [-0.05, 0) is 47.0 Å². The molecule has 0 saturated carbocycles. The molecule has 0 aliphatic carbocycles. The smallest absolute Gasteiger partial charge is 0.251 e. The minimum atomic E-state index is -0.0493. The summed E-state index contributed by atoms with van der Waals surface area (Å²) in [5, 5.41) is 7.07. The summed E-state index contributed by atoms with van der Waals surface area (Å²) >= 11 is 1.67. The third-order valence-corrected chi connectivity index (χ3v) is 3.69. The number of fused-ring (bicyclic) bond motifs is 1. The Morgan fingerprint density at radius 3 is 3.16 bits per heavy atom. The van der Waals surface area contributed by atoms with Crippen LogP contribution in [0.2, 0.25) is 0 Å². The molecule has 2 N–H and O–H groups in total. The van der Waals surface area contributed by atoms with Crippen molar-refractivity contribution >= 4 is 28.3 Å². The van der Waals surface area contributed by atoms with Gasteiger partial charge in [-0.1, -0.05) is 0 Å². The number of amides is 1. The molecule has 3 aromatic rings. The number of benzene rings is 1. The molecule has 0 atom stereocenters. The van der Waals surface area contributed by atoms with Crippen LogP contribution in [0.4, 0.5) is 0 Å². The highest BCUT2D eigenvalue weighted by Crippen LogP contribution is 2.11. The Balaban J connectivity index is 1.63. The second-order valence-corrected chi connectivity index (χ2v) is 5.05. The van der Waals surface area contributed by atoms with Crippen LogP contribution in [0.25, 0.3) is 11.0 Å². The molecular weight excluding hydrogens is 258 g/mol. The van der Waals surface area contributed by atoms with Crippen LogP contribution in [-0.4, -0.2) is 22.4 Å². The Hall–Kier alpha value is -2.14. The first-order valence-corrected chi connectivity index (χ1v) is 6.99. The standard InChI is InChI=1S/C14H13N3OS/c18-14(15-5-3-10-4-6-19-8-10)11-1-2-12-13(7-11)17-9-16-12/h1-2,4,6-9H,3,5H2,(H,15,18)(H,16,17). The number of imidazole rings is 1. The summed E-state index contributed by atoms with van der Waals surface area (Å²) in [4.78, 5) is 19.1. The molecule has 1 aromatic carbocycles. The van der Waals surface area contributed by atoms with Gasteiger partial charge < -0.3 is 10.3 Å². The second kappa shape index (κ2) is 5.24. The van der Waals surface area contributed by atoms with Gasteiger partial charge in [-0.3, -0.25) is 4.79 Å². The molecule has 4 nitrogen and oxygen atoms in total. The van der Waals surface area contributed by atoms with Crippen LogP contribution in [0, 0.1) is 0 Å². The number of nitrogens with one attached hydrogen (secondary N) is 2. The number of carbonyl (C=O) groups excluding carboxylic acids is 1. The van der Waals surface area contributed by atoms with E-state index in [4.69, 9.17) is 0 Å². The van der Waals surface area contributed by atoms with Gasteiger partial charge in [0, 0.05) is 12.1 Å². The summed E-state index contributed by atoms with van der Waals surface area (Å²) < 4.78 is 0. The molecule has 0 radical (unpaired) electrons. The average Bonchev–Trinajstić information content (AvgIpc) is 3.08. The average molecular weight is 271 g/mol. The molecule has 0 aliphatic rings. The minimum Gasteiger partial charge on any atom is -0.352 e. The Morgan fingerprint density at radius 1 is 1.37 bits per heavy atom. The number of aromatic amines is 1. The van der Waals surface area contributed by atoms with Crippen molar-refractivity contribution in [3.8, 4) is 0 Å². The zero-order chi connectivity index (χ0) is 13.1. The maximum absolute atomic E-state index is 12.0. The number of carbonyl (C=O) groups is 1. The van der Waals surface area contributed by atoms with Crippen molar-refractivity contribution in [2.75, 3.05) is 6.54 Å². The monoisotopic (exact) mass is 271 g/mol. The van der Waals surface area contributed by atoms with Crippen LogP contribution < -0.4 is 5.32 Å². The van der Waals surface area contributed by atoms with E-state index in [0.29, 0.717) is 12.1 Å². The summed E-state index contributed by atoms with van der Waals surface area (Å²) in [5.41, 5.74) is 3.66. The second-order valence-electron chi connectivity index (χ2n) is 4.27. The van der Waals surface area contributed by atoms with Crippen LogP contribution in [0.3, 0.4) is 0 Å². The summed E-state index contributed by atoms with van der Waals surface area (Å²) in [5.74, 6) is -0.0493. The van der Waals surface area contributed by atoms with E-state index in [-0.39, 0.29) is 5.91 Å². The van der Waals surface area contributed by atoms with Crippen molar-refractivity contribution in [3.63, 3.8) is 0 Å². The number of hydrogen-bond donors (Lipinski definition) is 2. The number of aromatic nitrogens is 2. The van der Waals surface area contributed by atoms with Gasteiger partial charge in [-0.25, -0.2) is 4.98 Å². The summed E-state index contributed by atoms with van der Waals surface area (Å²) in [7, 11) is 0. The molecule has 0 aliphatic heterocycles. The van der Waals surface area contributed by atoms with E-state index >= 15 is 0 Å². The highest BCUT2D eigenvalue weighted by Gasteiger charge is 2.06. The molecule has 5 heteroatoms.